The van der Waals surface area contributed by atoms with Gasteiger partial charge in [0.1, 0.15) is 0 Å². The van der Waals surface area contributed by atoms with E-state index in [0.29, 0.717) is 11.6 Å². The Labute approximate surface area is 87.5 Å². The maximum absolute atomic E-state index is 6.19. The van der Waals surface area contributed by atoms with Crippen LogP contribution in [0, 0.1) is 0 Å². The molecule has 2 aromatic heterocycles. The molecule has 1 unspecified atom stereocenters. The standard InChI is InChI=1S/C10H12ClN3/c1-7(6-12)10-9(11)8-4-2-3-5-14(8)13-10/h2-5,7H,6,12H2,1H3. The average molecular weight is 210 g/mol. The van der Waals surface area contributed by atoms with E-state index in [9.17, 15) is 0 Å². The lowest BCUT2D eigenvalue weighted by Crippen LogP contribution is -2.09. The SMILES string of the molecule is CC(CN)c1nn2ccccc2c1Cl. The van der Waals surface area contributed by atoms with E-state index in [0.717, 1.165) is 11.2 Å². The number of pyridine rings is 1. The van der Waals surface area contributed by atoms with Crippen molar-refractivity contribution in [2.75, 3.05) is 6.54 Å². The van der Waals surface area contributed by atoms with Gasteiger partial charge in [0.2, 0.25) is 0 Å². The number of nitrogens with zero attached hydrogens (tertiary/aromatic N) is 2. The second-order valence-corrected chi connectivity index (χ2v) is 3.74. The van der Waals surface area contributed by atoms with Crippen LogP contribution in [0.4, 0.5) is 0 Å². The van der Waals surface area contributed by atoms with Crippen LogP contribution >= 0.6 is 11.6 Å². The molecule has 3 nitrogen and oxygen atoms in total. The van der Waals surface area contributed by atoms with E-state index in [-0.39, 0.29) is 5.92 Å². The third-order valence-corrected chi connectivity index (χ3v) is 2.71. The first-order valence-electron chi connectivity index (χ1n) is 4.57. The van der Waals surface area contributed by atoms with Crippen LogP contribution in [-0.2, 0) is 0 Å². The van der Waals surface area contributed by atoms with Gasteiger partial charge in [-0.1, -0.05) is 24.6 Å². The van der Waals surface area contributed by atoms with Crippen molar-refractivity contribution in [3.8, 4) is 0 Å². The van der Waals surface area contributed by atoms with Crippen LogP contribution in [0.1, 0.15) is 18.5 Å². The van der Waals surface area contributed by atoms with Gasteiger partial charge in [0.15, 0.2) is 0 Å². The number of nitrogens with two attached hydrogens (primary N) is 1. The van der Waals surface area contributed by atoms with E-state index < -0.39 is 0 Å². The number of aromatic nitrogens is 2. The molecular weight excluding hydrogens is 198 g/mol. The van der Waals surface area contributed by atoms with Crippen LogP contribution in [0.25, 0.3) is 5.52 Å². The molecule has 0 aliphatic heterocycles. The summed E-state index contributed by atoms with van der Waals surface area (Å²) in [7, 11) is 0. The summed E-state index contributed by atoms with van der Waals surface area (Å²) in [4.78, 5) is 0. The second kappa shape index (κ2) is 3.59. The molecule has 0 aliphatic rings. The molecule has 74 valence electrons. The fourth-order valence-electron chi connectivity index (χ4n) is 1.41. The number of fused-ring (bicyclic) bond motifs is 1. The van der Waals surface area contributed by atoms with Gasteiger partial charge in [-0.05, 0) is 12.1 Å². The summed E-state index contributed by atoms with van der Waals surface area (Å²) in [6.45, 7) is 2.58. The van der Waals surface area contributed by atoms with Crippen molar-refractivity contribution in [2.24, 2.45) is 5.73 Å². The molecule has 0 amide bonds. The van der Waals surface area contributed by atoms with Crippen molar-refractivity contribution >= 4 is 17.1 Å². The van der Waals surface area contributed by atoms with E-state index >= 15 is 0 Å². The Morgan fingerprint density at radius 3 is 3.00 bits per heavy atom. The summed E-state index contributed by atoms with van der Waals surface area (Å²) in [6.07, 6.45) is 1.88. The lowest BCUT2D eigenvalue weighted by molar-refractivity contribution is 0.728. The van der Waals surface area contributed by atoms with Crippen LogP contribution in [0.3, 0.4) is 0 Å². The highest BCUT2D eigenvalue weighted by Gasteiger charge is 2.14. The molecule has 0 radical (unpaired) electrons. The Bertz CT molecular complexity index is 450. The third kappa shape index (κ3) is 1.38. The van der Waals surface area contributed by atoms with Crippen LogP contribution < -0.4 is 5.73 Å². The molecule has 2 N–H and O–H groups in total. The van der Waals surface area contributed by atoms with Gasteiger partial charge in [-0.25, -0.2) is 4.52 Å². The molecule has 0 aliphatic carbocycles. The van der Waals surface area contributed by atoms with Crippen LogP contribution in [0.5, 0.6) is 0 Å². The van der Waals surface area contributed by atoms with Gasteiger partial charge in [-0.2, -0.15) is 5.10 Å². The monoisotopic (exact) mass is 209 g/mol. The Kier molecular flexibility index (Phi) is 2.44. The van der Waals surface area contributed by atoms with Crippen molar-refractivity contribution < 1.29 is 0 Å². The van der Waals surface area contributed by atoms with Crippen molar-refractivity contribution in [3.63, 3.8) is 0 Å². The zero-order valence-corrected chi connectivity index (χ0v) is 8.70. The van der Waals surface area contributed by atoms with Crippen LogP contribution in [0.15, 0.2) is 24.4 Å². The fourth-order valence-corrected chi connectivity index (χ4v) is 1.79. The molecule has 2 heterocycles. The van der Waals surface area contributed by atoms with Crippen molar-refractivity contribution in [3.05, 3.63) is 35.1 Å². The summed E-state index contributed by atoms with van der Waals surface area (Å²) < 4.78 is 1.78. The third-order valence-electron chi connectivity index (χ3n) is 2.32. The zero-order chi connectivity index (χ0) is 10.1. The number of hydrogen-bond acceptors (Lipinski definition) is 2. The predicted octanol–water partition coefficient (Wildman–Crippen LogP) is 2.05. The molecule has 14 heavy (non-hydrogen) atoms. The Morgan fingerprint density at radius 2 is 2.36 bits per heavy atom. The summed E-state index contributed by atoms with van der Waals surface area (Å²) in [5.41, 5.74) is 7.40. The maximum atomic E-state index is 6.19. The summed E-state index contributed by atoms with van der Waals surface area (Å²) >= 11 is 6.19. The van der Waals surface area contributed by atoms with Crippen LogP contribution in [-0.4, -0.2) is 16.2 Å². The minimum Gasteiger partial charge on any atom is -0.330 e. The molecular formula is C10H12ClN3. The molecule has 0 saturated heterocycles. The molecule has 0 bridgehead atoms. The van der Waals surface area contributed by atoms with Gasteiger partial charge < -0.3 is 5.73 Å². The Balaban J connectivity index is 2.62. The Hall–Kier alpha value is -1.06. The van der Waals surface area contributed by atoms with E-state index in [1.807, 2.05) is 31.3 Å². The summed E-state index contributed by atoms with van der Waals surface area (Å²) in [5, 5.41) is 5.10. The van der Waals surface area contributed by atoms with E-state index in [4.69, 9.17) is 17.3 Å². The van der Waals surface area contributed by atoms with Crippen molar-refractivity contribution in [1.82, 2.24) is 9.61 Å². The average Bonchev–Trinajstić information content (AvgIpc) is 2.56. The lowest BCUT2D eigenvalue weighted by atomic mass is 10.1. The van der Waals surface area contributed by atoms with Gasteiger partial charge in [0, 0.05) is 18.7 Å². The van der Waals surface area contributed by atoms with Crippen molar-refractivity contribution in [1.29, 1.82) is 0 Å². The quantitative estimate of drug-likeness (QED) is 0.823. The minimum atomic E-state index is 0.197. The maximum Gasteiger partial charge on any atom is 0.0899 e. The molecule has 2 rings (SSSR count). The normalized spacial score (nSPS) is 13.4. The first-order valence-corrected chi connectivity index (χ1v) is 4.94. The van der Waals surface area contributed by atoms with E-state index in [1.165, 1.54) is 0 Å². The summed E-state index contributed by atoms with van der Waals surface area (Å²) in [5.74, 6) is 0.197. The first-order chi connectivity index (χ1) is 6.74. The number of rotatable bonds is 2. The fraction of sp³-hybridized carbons (Fsp3) is 0.300. The topological polar surface area (TPSA) is 43.3 Å². The molecule has 0 aromatic carbocycles. The number of halogens is 1. The molecule has 0 spiro atoms. The highest BCUT2D eigenvalue weighted by Crippen LogP contribution is 2.26. The van der Waals surface area contributed by atoms with E-state index in [2.05, 4.69) is 5.10 Å². The van der Waals surface area contributed by atoms with Gasteiger partial charge in [0.05, 0.1) is 16.2 Å². The molecule has 1 atom stereocenters. The molecule has 0 fully saturated rings. The smallest absolute Gasteiger partial charge is 0.0899 e. The molecule has 2 aromatic rings. The highest BCUT2D eigenvalue weighted by molar-refractivity contribution is 6.34. The first kappa shape index (κ1) is 9.49. The van der Waals surface area contributed by atoms with Gasteiger partial charge >= 0.3 is 0 Å². The van der Waals surface area contributed by atoms with Crippen LogP contribution in [0.2, 0.25) is 5.02 Å². The highest BCUT2D eigenvalue weighted by atomic mass is 35.5. The predicted molar refractivity (Wildman–Crippen MR) is 57.7 cm³/mol. The van der Waals surface area contributed by atoms with Gasteiger partial charge in [0.25, 0.3) is 0 Å². The van der Waals surface area contributed by atoms with Gasteiger partial charge in [-0.3, -0.25) is 0 Å². The Morgan fingerprint density at radius 1 is 1.57 bits per heavy atom. The zero-order valence-electron chi connectivity index (χ0n) is 7.94. The van der Waals surface area contributed by atoms with Crippen molar-refractivity contribution in [2.45, 2.75) is 12.8 Å². The summed E-state index contributed by atoms with van der Waals surface area (Å²) in [6, 6.07) is 5.81. The van der Waals surface area contributed by atoms with E-state index in [1.54, 1.807) is 4.52 Å². The number of hydrogen-bond donors (Lipinski definition) is 1. The largest absolute Gasteiger partial charge is 0.330 e. The lowest BCUT2D eigenvalue weighted by Gasteiger charge is -2.03. The molecule has 4 heteroatoms. The molecule has 0 saturated carbocycles. The second-order valence-electron chi connectivity index (χ2n) is 3.37. The minimum absolute atomic E-state index is 0.197. The van der Waals surface area contributed by atoms with Gasteiger partial charge in [-0.15, -0.1) is 0 Å².